The van der Waals surface area contributed by atoms with E-state index in [1.165, 1.54) is 4.57 Å². The number of aliphatic hydroxyl groups is 1. The predicted molar refractivity (Wildman–Crippen MR) is 160 cm³/mol. The van der Waals surface area contributed by atoms with Crippen molar-refractivity contribution in [2.75, 3.05) is 13.2 Å². The molecule has 10 N–H and O–H groups in total. The molecule has 0 saturated heterocycles. The minimum atomic E-state index is -0.522. The minimum absolute atomic E-state index is 0.0208. The van der Waals surface area contributed by atoms with E-state index in [0.717, 1.165) is 30.4 Å². The molecule has 0 aliphatic heterocycles. The van der Waals surface area contributed by atoms with Gasteiger partial charge in [-0.25, -0.2) is 9.18 Å². The van der Waals surface area contributed by atoms with Crippen LogP contribution in [-0.4, -0.2) is 50.8 Å². The molecule has 0 aliphatic carbocycles. The molecule has 2 unspecified atom stereocenters. The molecule has 2 aromatic heterocycles. The van der Waals surface area contributed by atoms with E-state index in [4.69, 9.17) is 23.1 Å². The maximum Gasteiger partial charge on any atom is 0.354 e. The molecular formula is C29H37ClFN8O2+. The average molecular weight is 584 g/mol. The van der Waals surface area contributed by atoms with E-state index >= 15 is 4.39 Å². The van der Waals surface area contributed by atoms with E-state index < -0.39 is 11.5 Å². The van der Waals surface area contributed by atoms with Crippen LogP contribution < -0.4 is 28.2 Å². The molecule has 4 aromatic rings. The second-order valence-electron chi connectivity index (χ2n) is 10.3. The summed E-state index contributed by atoms with van der Waals surface area (Å²) in [7, 11) is 0. The third-order valence-electron chi connectivity index (χ3n) is 6.85. The SMILES string of the molecule is CC([NH3+])CCCc1cc(Cl)c(F)c(-c2cc3cn(-c4ccc(CNC(CO)CCN=C(N)N)cc4)c(=O)nc3[nH]2)c1. The highest BCUT2D eigenvalue weighted by molar-refractivity contribution is 6.31. The van der Waals surface area contributed by atoms with Gasteiger partial charge in [-0.1, -0.05) is 23.7 Å². The number of benzene rings is 2. The van der Waals surface area contributed by atoms with Crippen LogP contribution in [0.4, 0.5) is 4.39 Å². The van der Waals surface area contributed by atoms with Crippen LogP contribution in [0.5, 0.6) is 0 Å². The Morgan fingerprint density at radius 2 is 1.98 bits per heavy atom. The zero-order valence-electron chi connectivity index (χ0n) is 23.0. The molecule has 0 radical (unpaired) electrons. The smallest absolute Gasteiger partial charge is 0.354 e. The molecule has 0 bridgehead atoms. The summed E-state index contributed by atoms with van der Waals surface area (Å²) >= 11 is 6.23. The zero-order valence-corrected chi connectivity index (χ0v) is 23.8. The third-order valence-corrected chi connectivity index (χ3v) is 7.13. The number of aromatic nitrogens is 3. The van der Waals surface area contributed by atoms with Gasteiger partial charge < -0.3 is 32.6 Å². The summed E-state index contributed by atoms with van der Waals surface area (Å²) in [4.78, 5) is 24.1. The number of quaternary nitrogens is 1. The van der Waals surface area contributed by atoms with Gasteiger partial charge in [0.1, 0.15) is 5.65 Å². The summed E-state index contributed by atoms with van der Waals surface area (Å²) < 4.78 is 16.5. The molecule has 0 spiro atoms. The first-order valence-corrected chi connectivity index (χ1v) is 13.9. The molecule has 2 heterocycles. The number of rotatable bonds is 13. The number of aliphatic imine (C=N–C) groups is 1. The summed E-state index contributed by atoms with van der Waals surface area (Å²) in [6.07, 6.45) is 4.93. The molecular weight excluding hydrogens is 547 g/mol. The molecule has 12 heteroatoms. The molecule has 0 fully saturated rings. The lowest BCUT2D eigenvalue weighted by atomic mass is 10.0. The van der Waals surface area contributed by atoms with E-state index in [2.05, 4.69) is 32.9 Å². The van der Waals surface area contributed by atoms with Crippen LogP contribution in [0.3, 0.4) is 0 Å². The molecule has 2 atom stereocenters. The minimum Gasteiger partial charge on any atom is -0.395 e. The normalized spacial score (nSPS) is 12.9. The Kier molecular flexibility index (Phi) is 10.1. The van der Waals surface area contributed by atoms with E-state index in [1.54, 1.807) is 24.4 Å². The summed E-state index contributed by atoms with van der Waals surface area (Å²) in [5.41, 5.74) is 18.0. The van der Waals surface area contributed by atoms with Crippen molar-refractivity contribution >= 4 is 28.6 Å². The number of nitrogens with two attached hydrogens (primary N) is 2. The van der Waals surface area contributed by atoms with Gasteiger partial charge in [-0.05, 0) is 74.1 Å². The van der Waals surface area contributed by atoms with Gasteiger partial charge in [0.15, 0.2) is 11.8 Å². The Labute approximate surface area is 242 Å². The molecule has 0 saturated carbocycles. The first kappa shape index (κ1) is 30.2. The fraction of sp³-hybridized carbons (Fsp3) is 0.345. The quantitative estimate of drug-likeness (QED) is 0.104. The third kappa shape index (κ3) is 7.92. The van der Waals surface area contributed by atoms with E-state index in [0.29, 0.717) is 53.5 Å². The number of nitrogens with one attached hydrogen (secondary N) is 2. The molecule has 0 aliphatic rings. The predicted octanol–water partition coefficient (Wildman–Crippen LogP) is 2.24. The van der Waals surface area contributed by atoms with Crippen LogP contribution in [-0.2, 0) is 13.0 Å². The van der Waals surface area contributed by atoms with Crippen LogP contribution in [0.2, 0.25) is 5.02 Å². The van der Waals surface area contributed by atoms with Gasteiger partial charge in [0.05, 0.1) is 29.1 Å². The molecule has 218 valence electrons. The molecule has 0 amide bonds. The number of hydrogen-bond acceptors (Lipinski definition) is 5. The van der Waals surface area contributed by atoms with Crippen LogP contribution in [0.15, 0.2) is 58.4 Å². The van der Waals surface area contributed by atoms with E-state index in [-0.39, 0.29) is 23.6 Å². The molecule has 2 aromatic carbocycles. The fourth-order valence-electron chi connectivity index (χ4n) is 4.61. The number of halogens is 2. The van der Waals surface area contributed by atoms with Crippen molar-refractivity contribution in [2.45, 2.75) is 51.2 Å². The molecule has 4 rings (SSSR count). The molecule has 10 nitrogen and oxygen atoms in total. The first-order chi connectivity index (χ1) is 19.6. The lowest BCUT2D eigenvalue weighted by Gasteiger charge is -2.15. The van der Waals surface area contributed by atoms with Crippen molar-refractivity contribution in [2.24, 2.45) is 16.5 Å². The number of aromatic amines is 1. The number of H-pyrrole nitrogens is 1. The van der Waals surface area contributed by atoms with Gasteiger partial charge in [-0.3, -0.25) is 9.56 Å². The van der Waals surface area contributed by atoms with Crippen molar-refractivity contribution < 1.29 is 15.2 Å². The Morgan fingerprint density at radius 1 is 1.22 bits per heavy atom. The van der Waals surface area contributed by atoms with Crippen molar-refractivity contribution in [3.63, 3.8) is 0 Å². The van der Waals surface area contributed by atoms with Gasteiger partial charge in [-0.2, -0.15) is 4.98 Å². The van der Waals surface area contributed by atoms with Gasteiger partial charge in [0.25, 0.3) is 0 Å². The largest absolute Gasteiger partial charge is 0.395 e. The number of fused-ring (bicyclic) bond motifs is 1. The summed E-state index contributed by atoms with van der Waals surface area (Å²) in [6, 6.07) is 12.8. The maximum atomic E-state index is 15.1. The summed E-state index contributed by atoms with van der Waals surface area (Å²) in [6.45, 7) is 2.95. The van der Waals surface area contributed by atoms with E-state index in [1.807, 2.05) is 24.3 Å². The van der Waals surface area contributed by atoms with Crippen LogP contribution in [0.1, 0.15) is 37.3 Å². The fourth-order valence-corrected chi connectivity index (χ4v) is 4.85. The number of hydrogen-bond donors (Lipinski definition) is 6. The van der Waals surface area contributed by atoms with Gasteiger partial charge >= 0.3 is 5.69 Å². The Hall–Kier alpha value is -3.77. The Bertz CT molecular complexity index is 1560. The highest BCUT2D eigenvalue weighted by Gasteiger charge is 2.16. The van der Waals surface area contributed by atoms with Crippen LogP contribution in [0, 0.1) is 5.82 Å². The molecule has 41 heavy (non-hydrogen) atoms. The van der Waals surface area contributed by atoms with Crippen molar-refractivity contribution in [1.29, 1.82) is 0 Å². The van der Waals surface area contributed by atoms with Crippen LogP contribution >= 0.6 is 11.6 Å². The lowest BCUT2D eigenvalue weighted by molar-refractivity contribution is -0.415. The summed E-state index contributed by atoms with van der Waals surface area (Å²) in [5.74, 6) is -0.501. The summed E-state index contributed by atoms with van der Waals surface area (Å²) in [5, 5.41) is 13.6. The van der Waals surface area contributed by atoms with Crippen molar-refractivity contribution in [3.05, 3.63) is 81.1 Å². The Balaban J connectivity index is 1.52. The van der Waals surface area contributed by atoms with Crippen LogP contribution in [0.25, 0.3) is 28.0 Å². The first-order valence-electron chi connectivity index (χ1n) is 13.6. The maximum absolute atomic E-state index is 15.1. The topological polar surface area (TPSA) is 175 Å². The highest BCUT2D eigenvalue weighted by atomic mass is 35.5. The number of nitrogens with zero attached hydrogens (tertiary/aromatic N) is 3. The second kappa shape index (κ2) is 13.7. The number of guanidine groups is 1. The van der Waals surface area contributed by atoms with Gasteiger partial charge in [0.2, 0.25) is 0 Å². The van der Waals surface area contributed by atoms with Gasteiger partial charge in [0, 0.05) is 36.3 Å². The van der Waals surface area contributed by atoms with Crippen molar-refractivity contribution in [3.8, 4) is 16.9 Å². The average Bonchev–Trinajstić information content (AvgIpc) is 3.34. The monoisotopic (exact) mass is 583 g/mol. The lowest BCUT2D eigenvalue weighted by Crippen LogP contribution is -2.58. The second-order valence-corrected chi connectivity index (χ2v) is 10.7. The number of aliphatic hydroxyl groups excluding tert-OH is 1. The number of aryl methyl sites for hydroxylation is 1. The standard InChI is InChI=1S/C29H36ClFN8O2/c1-17(32)3-2-4-19-11-23(26(31)24(30)12-19)25-13-20-15-39(29(41)38-27(20)37-25)22-7-5-18(6-8-22)14-36-21(16-40)9-10-35-28(33)34/h5-8,11-13,15,17,21,36,40H,2-4,9-10,14,16,32H2,1H3,(H4,33,34,35)(H,37,38,41)/p+1. The van der Waals surface area contributed by atoms with E-state index in [9.17, 15) is 9.90 Å². The zero-order chi connectivity index (χ0) is 29.5. The van der Waals surface area contributed by atoms with Gasteiger partial charge in [-0.15, -0.1) is 0 Å². The van der Waals surface area contributed by atoms with Crippen molar-refractivity contribution in [1.82, 2.24) is 19.9 Å². The highest BCUT2D eigenvalue weighted by Crippen LogP contribution is 2.31. The Morgan fingerprint density at radius 3 is 2.66 bits per heavy atom.